The lowest BCUT2D eigenvalue weighted by atomic mass is 10.1. The Balaban J connectivity index is 0.000000745. The molecule has 3 amide bonds. The smallest absolute Gasteiger partial charge is 0.475 e. The van der Waals surface area contributed by atoms with Gasteiger partial charge in [0.25, 0.3) is 0 Å². The number of hydroxylamine groups is 1. The van der Waals surface area contributed by atoms with Crippen molar-refractivity contribution in [1.29, 1.82) is 0 Å². The number of hydrogen-bond donors (Lipinski definition) is 4. The molecular formula is C28H37F3N4O5S. The van der Waals surface area contributed by atoms with Gasteiger partial charge in [0, 0.05) is 48.0 Å². The van der Waals surface area contributed by atoms with Crippen molar-refractivity contribution in [3.05, 3.63) is 48.5 Å². The SMILES string of the molecule is CSc1ccc(NC(=O)N(CCCCCCC(=O)NO)c2ccc(N3CCCCC3)cc2)cc1.O=C(O)C(F)(F)F. The number of amides is 3. The lowest BCUT2D eigenvalue weighted by molar-refractivity contribution is -0.192. The van der Waals surface area contributed by atoms with Crippen LogP contribution in [0.15, 0.2) is 53.4 Å². The summed E-state index contributed by atoms with van der Waals surface area (Å²) in [7, 11) is 0. The van der Waals surface area contributed by atoms with Gasteiger partial charge in [0.15, 0.2) is 0 Å². The topological polar surface area (TPSA) is 122 Å². The molecule has 1 fully saturated rings. The van der Waals surface area contributed by atoms with Crippen molar-refractivity contribution < 1.29 is 37.9 Å². The maximum absolute atomic E-state index is 13.2. The molecule has 9 nitrogen and oxygen atoms in total. The number of alkyl halides is 3. The van der Waals surface area contributed by atoms with Gasteiger partial charge in [0.05, 0.1) is 0 Å². The number of carbonyl (C=O) groups is 3. The van der Waals surface area contributed by atoms with Crippen LogP contribution in [0.25, 0.3) is 0 Å². The van der Waals surface area contributed by atoms with Crippen molar-refractivity contribution in [2.45, 2.75) is 62.4 Å². The molecule has 0 aromatic heterocycles. The molecule has 0 radical (unpaired) electrons. The van der Waals surface area contributed by atoms with Gasteiger partial charge in [0.1, 0.15) is 0 Å². The zero-order valence-electron chi connectivity index (χ0n) is 23.0. The Morgan fingerprint density at radius 3 is 2.05 bits per heavy atom. The van der Waals surface area contributed by atoms with Crippen LogP contribution >= 0.6 is 11.8 Å². The molecule has 0 saturated carbocycles. The van der Waals surface area contributed by atoms with E-state index in [4.69, 9.17) is 15.1 Å². The number of rotatable bonds is 11. The first kappa shape index (κ1) is 33.8. The van der Waals surface area contributed by atoms with Gasteiger partial charge >= 0.3 is 18.2 Å². The van der Waals surface area contributed by atoms with Crippen LogP contribution in [0.3, 0.4) is 0 Å². The molecule has 41 heavy (non-hydrogen) atoms. The van der Waals surface area contributed by atoms with Crippen molar-refractivity contribution in [3.63, 3.8) is 0 Å². The minimum absolute atomic E-state index is 0.151. The summed E-state index contributed by atoms with van der Waals surface area (Å²) in [6, 6.07) is 16.0. The maximum Gasteiger partial charge on any atom is 0.490 e. The first-order chi connectivity index (χ1) is 19.5. The molecule has 0 atom stereocenters. The van der Waals surface area contributed by atoms with Gasteiger partial charge < -0.3 is 15.3 Å². The van der Waals surface area contributed by atoms with Crippen LogP contribution < -0.4 is 20.6 Å². The van der Waals surface area contributed by atoms with Crippen molar-refractivity contribution in [2.75, 3.05) is 41.0 Å². The van der Waals surface area contributed by atoms with Crippen LogP contribution in [0.5, 0.6) is 0 Å². The standard InChI is InChI=1S/C26H36N4O3S.C2HF3O2/c1-34-24-16-10-21(11-17-24)27-26(32)30(20-8-3-2-5-9-25(31)28-33)23-14-12-22(13-15-23)29-18-6-4-7-19-29;3-2(4,5)1(6)7/h10-17,33H,2-9,18-20H2,1H3,(H,27,32)(H,28,31);(H,6,7). The summed E-state index contributed by atoms with van der Waals surface area (Å²) in [6.07, 6.45) is 4.31. The van der Waals surface area contributed by atoms with E-state index < -0.39 is 12.1 Å². The molecule has 1 aliphatic rings. The fraction of sp³-hybridized carbons (Fsp3) is 0.464. The van der Waals surface area contributed by atoms with E-state index in [0.717, 1.165) is 48.6 Å². The molecule has 0 spiro atoms. The van der Waals surface area contributed by atoms with Crippen LogP contribution in [0.1, 0.15) is 51.4 Å². The number of urea groups is 1. The molecule has 13 heteroatoms. The van der Waals surface area contributed by atoms with Gasteiger partial charge in [0.2, 0.25) is 5.91 Å². The second-order valence-electron chi connectivity index (χ2n) is 9.38. The maximum atomic E-state index is 13.2. The molecule has 3 rings (SSSR count). The van der Waals surface area contributed by atoms with E-state index in [-0.39, 0.29) is 11.9 Å². The normalized spacial score (nSPS) is 13.0. The summed E-state index contributed by atoms with van der Waals surface area (Å²) in [5, 5.41) is 18.8. The van der Waals surface area contributed by atoms with E-state index in [1.807, 2.05) is 42.7 Å². The molecule has 1 aliphatic heterocycles. The lowest BCUT2D eigenvalue weighted by Crippen LogP contribution is -2.36. The van der Waals surface area contributed by atoms with Crippen LogP contribution in [0, 0.1) is 0 Å². The van der Waals surface area contributed by atoms with Gasteiger partial charge in [-0.25, -0.2) is 15.1 Å². The Labute approximate surface area is 242 Å². The first-order valence-electron chi connectivity index (χ1n) is 13.4. The van der Waals surface area contributed by atoms with E-state index in [0.29, 0.717) is 19.4 Å². The van der Waals surface area contributed by atoms with E-state index in [1.54, 1.807) is 22.1 Å². The second kappa shape index (κ2) is 17.4. The Hall–Kier alpha value is -3.45. The number of carboxylic acid groups (broad SMARTS) is 1. The molecule has 1 saturated heterocycles. The highest BCUT2D eigenvalue weighted by Crippen LogP contribution is 2.25. The number of thioether (sulfide) groups is 1. The Bertz CT molecular complexity index is 1100. The predicted octanol–water partition coefficient (Wildman–Crippen LogP) is 6.53. The largest absolute Gasteiger partial charge is 0.490 e. The van der Waals surface area contributed by atoms with Gasteiger partial charge in [-0.15, -0.1) is 11.8 Å². The number of nitrogens with one attached hydrogen (secondary N) is 2. The molecule has 1 heterocycles. The highest BCUT2D eigenvalue weighted by molar-refractivity contribution is 7.98. The number of aliphatic carboxylic acids is 1. The van der Waals surface area contributed by atoms with Crippen LogP contribution in [-0.2, 0) is 9.59 Å². The molecule has 0 bridgehead atoms. The predicted molar refractivity (Wildman–Crippen MR) is 154 cm³/mol. The number of unbranched alkanes of at least 4 members (excludes halogenated alkanes) is 3. The molecule has 4 N–H and O–H groups in total. The number of anilines is 3. The molecular weight excluding hydrogens is 561 g/mol. The third-order valence-corrected chi connectivity index (χ3v) is 7.12. The summed E-state index contributed by atoms with van der Waals surface area (Å²) in [6.45, 7) is 2.76. The van der Waals surface area contributed by atoms with Gasteiger partial charge in [-0.05, 0) is 86.9 Å². The Kier molecular flexibility index (Phi) is 14.3. The number of carbonyl (C=O) groups excluding carboxylic acids is 2. The fourth-order valence-electron chi connectivity index (χ4n) is 4.17. The van der Waals surface area contributed by atoms with E-state index in [2.05, 4.69) is 22.3 Å². The monoisotopic (exact) mass is 598 g/mol. The Morgan fingerprint density at radius 1 is 0.927 bits per heavy atom. The van der Waals surface area contributed by atoms with Gasteiger partial charge in [-0.3, -0.25) is 14.9 Å². The zero-order chi connectivity index (χ0) is 30.3. The van der Waals surface area contributed by atoms with Crippen LogP contribution in [0.2, 0.25) is 0 Å². The molecule has 0 aliphatic carbocycles. The lowest BCUT2D eigenvalue weighted by Gasteiger charge is -2.29. The van der Waals surface area contributed by atoms with Crippen molar-refractivity contribution >= 4 is 46.7 Å². The number of benzene rings is 2. The minimum Gasteiger partial charge on any atom is -0.475 e. The number of carboxylic acids is 1. The van der Waals surface area contributed by atoms with Crippen LogP contribution in [0.4, 0.5) is 35.0 Å². The molecule has 226 valence electrons. The highest BCUT2D eigenvalue weighted by atomic mass is 32.2. The Morgan fingerprint density at radius 2 is 1.51 bits per heavy atom. The third kappa shape index (κ3) is 12.3. The summed E-state index contributed by atoms with van der Waals surface area (Å²) >= 11 is 1.67. The first-order valence-corrected chi connectivity index (χ1v) is 14.6. The van der Waals surface area contributed by atoms with E-state index in [9.17, 15) is 22.8 Å². The zero-order valence-corrected chi connectivity index (χ0v) is 23.8. The van der Waals surface area contributed by atoms with Gasteiger partial charge in [-0.2, -0.15) is 13.2 Å². The molecule has 2 aromatic rings. The van der Waals surface area contributed by atoms with Crippen LogP contribution in [-0.4, -0.2) is 60.3 Å². The third-order valence-electron chi connectivity index (χ3n) is 6.37. The average molecular weight is 599 g/mol. The van der Waals surface area contributed by atoms with Crippen molar-refractivity contribution in [1.82, 2.24) is 5.48 Å². The molecule has 2 aromatic carbocycles. The van der Waals surface area contributed by atoms with Crippen molar-refractivity contribution in [3.8, 4) is 0 Å². The van der Waals surface area contributed by atoms with Gasteiger partial charge in [-0.1, -0.05) is 12.8 Å². The minimum atomic E-state index is -5.08. The summed E-state index contributed by atoms with van der Waals surface area (Å²) < 4.78 is 31.7. The number of nitrogens with zero attached hydrogens (tertiary/aromatic N) is 2. The van der Waals surface area contributed by atoms with E-state index in [1.165, 1.54) is 24.9 Å². The second-order valence-corrected chi connectivity index (χ2v) is 10.3. The number of piperidine rings is 1. The van der Waals surface area contributed by atoms with E-state index >= 15 is 0 Å². The number of hydrogen-bond acceptors (Lipinski definition) is 6. The average Bonchev–Trinajstić information content (AvgIpc) is 2.97. The molecule has 0 unspecified atom stereocenters. The summed E-state index contributed by atoms with van der Waals surface area (Å²) in [5.74, 6) is -3.12. The summed E-state index contributed by atoms with van der Waals surface area (Å²) in [5.41, 5.74) is 4.52. The number of halogens is 3. The van der Waals surface area contributed by atoms with Crippen molar-refractivity contribution in [2.24, 2.45) is 0 Å². The summed E-state index contributed by atoms with van der Waals surface area (Å²) in [4.78, 5) is 38.6. The fourth-order valence-corrected chi connectivity index (χ4v) is 4.58. The quantitative estimate of drug-likeness (QED) is 0.100. The highest BCUT2D eigenvalue weighted by Gasteiger charge is 2.38.